The maximum Gasteiger partial charge on any atom is 0.164 e. The van der Waals surface area contributed by atoms with E-state index in [1.165, 1.54) is 5.56 Å². The molecule has 0 spiro atoms. The Morgan fingerprint density at radius 2 is 2.42 bits per heavy atom. The molecule has 1 aliphatic rings. The van der Waals surface area contributed by atoms with Crippen molar-refractivity contribution < 1.29 is 4.74 Å². The van der Waals surface area contributed by atoms with Crippen molar-refractivity contribution in [1.29, 1.82) is 0 Å². The van der Waals surface area contributed by atoms with Gasteiger partial charge in [0.2, 0.25) is 0 Å². The van der Waals surface area contributed by atoms with Crippen molar-refractivity contribution in [2.24, 2.45) is 7.05 Å². The number of hydrogen-bond donors (Lipinski definition) is 1. The first-order chi connectivity index (χ1) is 9.20. The van der Waals surface area contributed by atoms with Crippen LogP contribution in [0.2, 0.25) is 0 Å². The van der Waals surface area contributed by atoms with Crippen molar-refractivity contribution in [3.8, 4) is 5.75 Å². The van der Waals surface area contributed by atoms with Gasteiger partial charge in [0, 0.05) is 24.5 Å². The van der Waals surface area contributed by atoms with E-state index >= 15 is 0 Å². The second-order valence-corrected chi connectivity index (χ2v) is 5.58. The first-order valence-electron chi connectivity index (χ1n) is 6.21. The molecule has 5 nitrogen and oxygen atoms in total. The number of halogens is 1. The van der Waals surface area contributed by atoms with Crippen LogP contribution in [0, 0.1) is 0 Å². The Hall–Kier alpha value is -1.40. The molecular weight excluding hydrogens is 308 g/mol. The zero-order valence-corrected chi connectivity index (χ0v) is 12.2. The van der Waals surface area contributed by atoms with Crippen molar-refractivity contribution in [2.75, 3.05) is 6.54 Å². The fourth-order valence-electron chi connectivity index (χ4n) is 2.21. The summed E-state index contributed by atoms with van der Waals surface area (Å²) >= 11 is 3.48. The first-order valence-corrected chi connectivity index (χ1v) is 7.00. The molecule has 1 atom stereocenters. The molecule has 1 aromatic heterocycles. The van der Waals surface area contributed by atoms with Crippen LogP contribution >= 0.6 is 15.9 Å². The zero-order chi connectivity index (χ0) is 13.2. The van der Waals surface area contributed by atoms with E-state index in [-0.39, 0.29) is 6.10 Å². The molecule has 0 radical (unpaired) electrons. The van der Waals surface area contributed by atoms with Gasteiger partial charge in [-0.3, -0.25) is 4.68 Å². The third kappa shape index (κ3) is 2.96. The summed E-state index contributed by atoms with van der Waals surface area (Å²) in [6.07, 6.45) is 2.83. The van der Waals surface area contributed by atoms with Crippen molar-refractivity contribution in [2.45, 2.75) is 19.1 Å². The van der Waals surface area contributed by atoms with E-state index in [2.05, 4.69) is 37.4 Å². The van der Waals surface area contributed by atoms with Crippen LogP contribution in [0.4, 0.5) is 0 Å². The van der Waals surface area contributed by atoms with Gasteiger partial charge in [-0.1, -0.05) is 15.9 Å². The number of hydrogen-bond acceptors (Lipinski definition) is 4. The van der Waals surface area contributed by atoms with Crippen LogP contribution in [0.5, 0.6) is 5.75 Å². The lowest BCUT2D eigenvalue weighted by Crippen LogP contribution is -2.30. The second-order valence-electron chi connectivity index (χ2n) is 4.66. The van der Waals surface area contributed by atoms with Gasteiger partial charge in [-0.25, -0.2) is 4.98 Å². The monoisotopic (exact) mass is 322 g/mol. The summed E-state index contributed by atoms with van der Waals surface area (Å²) in [4.78, 5) is 4.17. The minimum atomic E-state index is 0.188. The van der Waals surface area contributed by atoms with Crippen molar-refractivity contribution in [3.05, 3.63) is 40.4 Å². The Balaban J connectivity index is 1.51. The molecule has 1 aliphatic heterocycles. The number of benzene rings is 1. The lowest BCUT2D eigenvalue weighted by atomic mass is 10.1. The number of aryl methyl sites for hydroxylation is 1. The summed E-state index contributed by atoms with van der Waals surface area (Å²) in [7, 11) is 1.87. The quantitative estimate of drug-likeness (QED) is 0.930. The third-order valence-electron chi connectivity index (χ3n) is 3.07. The highest BCUT2D eigenvalue weighted by Crippen LogP contribution is 2.30. The molecular formula is C13H15BrN4O. The number of ether oxygens (including phenoxy) is 1. The molecule has 3 rings (SSSR count). The first kappa shape index (κ1) is 12.6. The van der Waals surface area contributed by atoms with E-state index in [0.29, 0.717) is 6.54 Å². The summed E-state index contributed by atoms with van der Waals surface area (Å²) in [5, 5.41) is 7.55. The molecule has 0 aliphatic carbocycles. The SMILES string of the molecule is Cn1cnc(CNCC2Cc3cc(Br)ccc3O2)n1. The molecule has 0 amide bonds. The predicted octanol–water partition coefficient (Wildman–Crippen LogP) is 1.67. The molecule has 100 valence electrons. The van der Waals surface area contributed by atoms with Gasteiger partial charge in [0.15, 0.2) is 5.82 Å². The van der Waals surface area contributed by atoms with Gasteiger partial charge >= 0.3 is 0 Å². The average Bonchev–Trinajstić information content (AvgIpc) is 2.95. The Kier molecular flexibility index (Phi) is 3.52. The molecule has 6 heteroatoms. The van der Waals surface area contributed by atoms with E-state index in [1.54, 1.807) is 11.0 Å². The van der Waals surface area contributed by atoms with Gasteiger partial charge in [-0.2, -0.15) is 5.10 Å². The molecule has 0 fully saturated rings. The van der Waals surface area contributed by atoms with Gasteiger partial charge in [-0.15, -0.1) is 0 Å². The van der Waals surface area contributed by atoms with Gasteiger partial charge < -0.3 is 10.1 Å². The van der Waals surface area contributed by atoms with Crippen LogP contribution in [0.3, 0.4) is 0 Å². The molecule has 2 heterocycles. The van der Waals surface area contributed by atoms with Crippen LogP contribution < -0.4 is 10.1 Å². The number of fused-ring (bicyclic) bond motifs is 1. The van der Waals surface area contributed by atoms with Crippen molar-refractivity contribution >= 4 is 15.9 Å². The number of aromatic nitrogens is 3. The number of rotatable bonds is 4. The fourth-order valence-corrected chi connectivity index (χ4v) is 2.62. The summed E-state index contributed by atoms with van der Waals surface area (Å²) in [6.45, 7) is 1.46. The van der Waals surface area contributed by atoms with E-state index in [0.717, 1.165) is 29.0 Å². The third-order valence-corrected chi connectivity index (χ3v) is 3.56. The maximum atomic E-state index is 5.88. The van der Waals surface area contributed by atoms with Crippen LogP contribution in [-0.4, -0.2) is 27.4 Å². The van der Waals surface area contributed by atoms with E-state index in [1.807, 2.05) is 19.2 Å². The molecule has 0 saturated heterocycles. The highest BCUT2D eigenvalue weighted by molar-refractivity contribution is 9.10. The zero-order valence-electron chi connectivity index (χ0n) is 10.6. The van der Waals surface area contributed by atoms with Crippen molar-refractivity contribution in [1.82, 2.24) is 20.1 Å². The number of nitrogens with zero attached hydrogens (tertiary/aromatic N) is 3. The topological polar surface area (TPSA) is 52.0 Å². The molecule has 1 N–H and O–H groups in total. The van der Waals surface area contributed by atoms with Crippen LogP contribution in [0.15, 0.2) is 29.0 Å². The summed E-state index contributed by atoms with van der Waals surface area (Å²) in [6, 6.07) is 6.14. The maximum absolute atomic E-state index is 5.88. The average molecular weight is 323 g/mol. The van der Waals surface area contributed by atoms with E-state index < -0.39 is 0 Å². The normalized spacial score (nSPS) is 17.3. The predicted molar refractivity (Wildman–Crippen MR) is 75.0 cm³/mol. The Morgan fingerprint density at radius 3 is 3.21 bits per heavy atom. The van der Waals surface area contributed by atoms with Gasteiger partial charge in [-0.05, 0) is 23.8 Å². The van der Waals surface area contributed by atoms with Crippen LogP contribution in [0.1, 0.15) is 11.4 Å². The van der Waals surface area contributed by atoms with Crippen molar-refractivity contribution in [3.63, 3.8) is 0 Å². The Labute approximate surface area is 120 Å². The van der Waals surface area contributed by atoms with E-state index in [4.69, 9.17) is 4.74 Å². The largest absolute Gasteiger partial charge is 0.488 e. The lowest BCUT2D eigenvalue weighted by Gasteiger charge is -2.10. The standard InChI is InChI=1S/C13H15BrN4O/c1-18-8-16-13(17-18)7-15-6-11-5-9-4-10(14)2-3-12(9)19-11/h2-4,8,11,15H,5-7H2,1H3. The minimum absolute atomic E-state index is 0.188. The summed E-state index contributed by atoms with van der Waals surface area (Å²) < 4.78 is 8.68. The Morgan fingerprint density at radius 1 is 1.53 bits per heavy atom. The second kappa shape index (κ2) is 5.30. The van der Waals surface area contributed by atoms with Crippen LogP contribution in [0.25, 0.3) is 0 Å². The van der Waals surface area contributed by atoms with Crippen LogP contribution in [-0.2, 0) is 20.0 Å². The highest BCUT2D eigenvalue weighted by Gasteiger charge is 2.22. The van der Waals surface area contributed by atoms with Gasteiger partial charge in [0.25, 0.3) is 0 Å². The summed E-state index contributed by atoms with van der Waals surface area (Å²) in [5.41, 5.74) is 1.26. The Bertz CT molecular complexity index is 584. The molecule has 0 bridgehead atoms. The molecule has 0 saturated carbocycles. The lowest BCUT2D eigenvalue weighted by molar-refractivity contribution is 0.227. The smallest absolute Gasteiger partial charge is 0.164 e. The highest BCUT2D eigenvalue weighted by atomic mass is 79.9. The van der Waals surface area contributed by atoms with Gasteiger partial charge in [0.05, 0.1) is 6.54 Å². The fraction of sp³-hybridized carbons (Fsp3) is 0.385. The van der Waals surface area contributed by atoms with E-state index in [9.17, 15) is 0 Å². The number of nitrogens with one attached hydrogen (secondary N) is 1. The summed E-state index contributed by atoms with van der Waals surface area (Å²) in [5.74, 6) is 1.80. The van der Waals surface area contributed by atoms with Gasteiger partial charge in [0.1, 0.15) is 18.2 Å². The molecule has 1 unspecified atom stereocenters. The minimum Gasteiger partial charge on any atom is -0.488 e. The molecule has 1 aromatic carbocycles. The molecule has 2 aromatic rings. The molecule has 19 heavy (non-hydrogen) atoms.